The van der Waals surface area contributed by atoms with Crippen LogP contribution < -0.4 is 19.6 Å². The molecule has 0 unspecified atom stereocenters. The van der Waals surface area contributed by atoms with E-state index in [0.717, 1.165) is 22.4 Å². The second-order valence-corrected chi connectivity index (χ2v) is 6.78. The fourth-order valence-electron chi connectivity index (χ4n) is 2.72. The second kappa shape index (κ2) is 9.78. The molecule has 0 saturated heterocycles. The van der Waals surface area contributed by atoms with Crippen molar-refractivity contribution in [3.8, 4) is 17.2 Å². The molecule has 2 aromatic carbocycles. The zero-order valence-electron chi connectivity index (χ0n) is 17.3. The Kier molecular flexibility index (Phi) is 7.44. The number of carbonyl (C=O) groups excluding carboxylic acids is 1. The van der Waals surface area contributed by atoms with E-state index >= 15 is 0 Å². The fraction of sp³-hybridized carbons (Fsp3) is 0.364. The number of hydrogen-bond acceptors (Lipinski definition) is 5. The SMILES string of the molecule is COc1ccc(/C(C)=N\NC(=O)COc2cc(C)ccc2C(C)C)c(OC)c1. The van der Waals surface area contributed by atoms with Gasteiger partial charge in [0.15, 0.2) is 6.61 Å². The number of carbonyl (C=O) groups is 1. The molecule has 150 valence electrons. The monoisotopic (exact) mass is 384 g/mol. The van der Waals surface area contributed by atoms with Crippen molar-refractivity contribution in [2.75, 3.05) is 20.8 Å². The van der Waals surface area contributed by atoms with E-state index < -0.39 is 0 Å². The Balaban J connectivity index is 2.03. The molecule has 0 saturated carbocycles. The minimum Gasteiger partial charge on any atom is -0.497 e. The van der Waals surface area contributed by atoms with Gasteiger partial charge in [-0.2, -0.15) is 5.10 Å². The third-order valence-electron chi connectivity index (χ3n) is 4.30. The van der Waals surface area contributed by atoms with Gasteiger partial charge in [-0.05, 0) is 49.1 Å². The van der Waals surface area contributed by atoms with Gasteiger partial charge in [-0.1, -0.05) is 26.0 Å². The van der Waals surface area contributed by atoms with Gasteiger partial charge >= 0.3 is 0 Å². The van der Waals surface area contributed by atoms with Crippen LogP contribution in [0.3, 0.4) is 0 Å². The van der Waals surface area contributed by atoms with Gasteiger partial charge in [0, 0.05) is 11.6 Å². The first kappa shape index (κ1) is 21.3. The second-order valence-electron chi connectivity index (χ2n) is 6.78. The van der Waals surface area contributed by atoms with Crippen LogP contribution in [-0.4, -0.2) is 32.4 Å². The van der Waals surface area contributed by atoms with Crippen LogP contribution >= 0.6 is 0 Å². The third kappa shape index (κ3) is 5.49. The number of methoxy groups -OCH3 is 2. The average molecular weight is 384 g/mol. The van der Waals surface area contributed by atoms with Crippen molar-refractivity contribution in [2.24, 2.45) is 5.10 Å². The first-order valence-electron chi connectivity index (χ1n) is 9.14. The van der Waals surface area contributed by atoms with Gasteiger partial charge in [0.1, 0.15) is 17.2 Å². The Morgan fingerprint density at radius 3 is 2.46 bits per heavy atom. The minimum atomic E-state index is -0.331. The van der Waals surface area contributed by atoms with E-state index in [0.29, 0.717) is 23.1 Å². The van der Waals surface area contributed by atoms with Crippen molar-refractivity contribution < 1.29 is 19.0 Å². The van der Waals surface area contributed by atoms with Crippen molar-refractivity contribution >= 4 is 11.6 Å². The van der Waals surface area contributed by atoms with Crippen molar-refractivity contribution in [2.45, 2.75) is 33.6 Å². The molecule has 6 nitrogen and oxygen atoms in total. The summed E-state index contributed by atoms with van der Waals surface area (Å²) in [6.45, 7) is 7.86. The molecule has 0 heterocycles. The zero-order chi connectivity index (χ0) is 20.7. The molecule has 0 spiro atoms. The number of ether oxygens (including phenoxy) is 3. The lowest BCUT2D eigenvalue weighted by Gasteiger charge is -2.14. The molecule has 0 bridgehead atoms. The van der Waals surface area contributed by atoms with E-state index in [1.165, 1.54) is 0 Å². The van der Waals surface area contributed by atoms with E-state index in [1.807, 2.05) is 37.3 Å². The van der Waals surface area contributed by atoms with E-state index in [2.05, 4.69) is 24.4 Å². The van der Waals surface area contributed by atoms with Crippen LogP contribution in [0, 0.1) is 6.92 Å². The molecule has 0 aliphatic rings. The lowest BCUT2D eigenvalue weighted by molar-refractivity contribution is -0.123. The number of rotatable bonds is 8. The number of benzene rings is 2. The standard InChI is InChI=1S/C22H28N2O4/c1-14(2)18-9-7-15(3)11-21(18)28-13-22(25)24-23-16(4)19-10-8-17(26-5)12-20(19)27-6/h7-12,14H,13H2,1-6H3,(H,24,25)/b23-16-. The van der Waals surface area contributed by atoms with Gasteiger partial charge in [0.2, 0.25) is 0 Å². The molecular weight excluding hydrogens is 356 g/mol. The Morgan fingerprint density at radius 2 is 1.82 bits per heavy atom. The summed E-state index contributed by atoms with van der Waals surface area (Å²) < 4.78 is 16.3. The maximum absolute atomic E-state index is 12.2. The van der Waals surface area contributed by atoms with E-state index in [1.54, 1.807) is 27.2 Å². The van der Waals surface area contributed by atoms with Crippen molar-refractivity contribution in [3.63, 3.8) is 0 Å². The van der Waals surface area contributed by atoms with Crippen LogP contribution in [0.5, 0.6) is 17.2 Å². The molecule has 6 heteroatoms. The maximum Gasteiger partial charge on any atom is 0.277 e. The molecule has 0 aliphatic carbocycles. The summed E-state index contributed by atoms with van der Waals surface area (Å²) in [5, 5.41) is 4.16. The van der Waals surface area contributed by atoms with Crippen LogP contribution in [0.1, 0.15) is 43.4 Å². The summed E-state index contributed by atoms with van der Waals surface area (Å²) in [5.41, 5.74) is 6.07. The summed E-state index contributed by atoms with van der Waals surface area (Å²) in [6, 6.07) is 11.4. The van der Waals surface area contributed by atoms with Gasteiger partial charge in [-0.15, -0.1) is 0 Å². The van der Waals surface area contributed by atoms with Gasteiger partial charge in [0.05, 0.1) is 19.9 Å². The van der Waals surface area contributed by atoms with Crippen molar-refractivity contribution in [1.29, 1.82) is 0 Å². The highest BCUT2D eigenvalue weighted by atomic mass is 16.5. The molecule has 1 N–H and O–H groups in total. The first-order chi connectivity index (χ1) is 13.3. The van der Waals surface area contributed by atoms with Crippen LogP contribution in [0.4, 0.5) is 0 Å². The Morgan fingerprint density at radius 1 is 1.07 bits per heavy atom. The predicted octanol–water partition coefficient (Wildman–Crippen LogP) is 4.05. The largest absolute Gasteiger partial charge is 0.497 e. The van der Waals surface area contributed by atoms with Crippen LogP contribution in [0.15, 0.2) is 41.5 Å². The van der Waals surface area contributed by atoms with Gasteiger partial charge in [-0.25, -0.2) is 5.43 Å². The molecule has 0 aromatic heterocycles. The number of nitrogens with one attached hydrogen (secondary N) is 1. The Bertz CT molecular complexity index is 860. The molecular formula is C22H28N2O4. The lowest BCUT2D eigenvalue weighted by Crippen LogP contribution is -2.26. The minimum absolute atomic E-state index is 0.111. The van der Waals surface area contributed by atoms with Crippen LogP contribution in [0.2, 0.25) is 0 Å². The van der Waals surface area contributed by atoms with Crippen molar-refractivity contribution in [3.05, 3.63) is 53.1 Å². The summed E-state index contributed by atoms with van der Waals surface area (Å²) in [5.74, 6) is 2.00. The van der Waals surface area contributed by atoms with Gasteiger partial charge in [0.25, 0.3) is 5.91 Å². The average Bonchev–Trinajstić information content (AvgIpc) is 2.69. The van der Waals surface area contributed by atoms with Crippen LogP contribution in [-0.2, 0) is 4.79 Å². The molecule has 2 aromatic rings. The highest BCUT2D eigenvalue weighted by Gasteiger charge is 2.11. The molecule has 0 atom stereocenters. The maximum atomic E-state index is 12.2. The van der Waals surface area contributed by atoms with Gasteiger partial charge in [-0.3, -0.25) is 4.79 Å². The topological polar surface area (TPSA) is 69.2 Å². The highest BCUT2D eigenvalue weighted by molar-refractivity contribution is 6.01. The molecule has 0 radical (unpaired) electrons. The first-order valence-corrected chi connectivity index (χ1v) is 9.14. The smallest absolute Gasteiger partial charge is 0.277 e. The summed E-state index contributed by atoms with van der Waals surface area (Å²) in [6.07, 6.45) is 0. The number of hydrazone groups is 1. The van der Waals surface area contributed by atoms with E-state index in [9.17, 15) is 4.79 Å². The Hall–Kier alpha value is -3.02. The summed E-state index contributed by atoms with van der Waals surface area (Å²) in [4.78, 5) is 12.2. The third-order valence-corrected chi connectivity index (χ3v) is 4.30. The fourth-order valence-corrected chi connectivity index (χ4v) is 2.72. The summed E-state index contributed by atoms with van der Waals surface area (Å²) >= 11 is 0. The van der Waals surface area contributed by atoms with Crippen molar-refractivity contribution in [1.82, 2.24) is 5.43 Å². The number of amides is 1. The normalized spacial score (nSPS) is 11.3. The molecule has 0 fully saturated rings. The summed E-state index contributed by atoms with van der Waals surface area (Å²) in [7, 11) is 3.17. The predicted molar refractivity (Wildman–Crippen MR) is 111 cm³/mol. The number of hydrogen-bond donors (Lipinski definition) is 1. The molecule has 1 amide bonds. The Labute approximate surface area is 166 Å². The molecule has 28 heavy (non-hydrogen) atoms. The quantitative estimate of drug-likeness (QED) is 0.551. The van der Waals surface area contributed by atoms with Gasteiger partial charge < -0.3 is 14.2 Å². The number of aryl methyl sites for hydroxylation is 1. The van der Waals surface area contributed by atoms with E-state index in [4.69, 9.17) is 14.2 Å². The molecule has 0 aliphatic heterocycles. The lowest BCUT2D eigenvalue weighted by atomic mass is 10.0. The zero-order valence-corrected chi connectivity index (χ0v) is 17.3. The van der Waals surface area contributed by atoms with Crippen LogP contribution in [0.25, 0.3) is 0 Å². The van der Waals surface area contributed by atoms with E-state index in [-0.39, 0.29) is 12.5 Å². The number of nitrogens with zero attached hydrogens (tertiary/aromatic N) is 1. The highest BCUT2D eigenvalue weighted by Crippen LogP contribution is 2.27. The molecule has 2 rings (SSSR count).